The van der Waals surface area contributed by atoms with Gasteiger partial charge in [0.1, 0.15) is 5.52 Å². The van der Waals surface area contributed by atoms with Gasteiger partial charge in [-0.2, -0.15) is 0 Å². The summed E-state index contributed by atoms with van der Waals surface area (Å²) in [4.78, 5) is 16.1. The number of methoxy groups -OCH3 is 1. The summed E-state index contributed by atoms with van der Waals surface area (Å²) in [6.45, 7) is 0. The lowest BCUT2D eigenvalue weighted by Crippen LogP contribution is -2.04. The van der Waals surface area contributed by atoms with Gasteiger partial charge >= 0.3 is 5.97 Å². The average molecular weight is 457 g/mol. The van der Waals surface area contributed by atoms with Crippen molar-refractivity contribution in [3.8, 4) is 22.6 Å². The van der Waals surface area contributed by atoms with Gasteiger partial charge in [-0.25, -0.2) is 4.98 Å². The second-order valence-electron chi connectivity index (χ2n) is 6.25. The van der Waals surface area contributed by atoms with Crippen LogP contribution in [0, 0.1) is 0 Å². The third-order valence-corrected chi connectivity index (χ3v) is 5.36. The van der Waals surface area contributed by atoms with Crippen LogP contribution in [-0.2, 0) is 16.0 Å². The Morgan fingerprint density at radius 1 is 1.07 bits per heavy atom. The van der Waals surface area contributed by atoms with Crippen molar-refractivity contribution in [3.05, 3.63) is 75.7 Å². The Morgan fingerprint density at radius 2 is 1.86 bits per heavy atom. The molecule has 0 spiro atoms. The lowest BCUT2D eigenvalue weighted by Gasteiger charge is -2.04. The molecule has 0 fully saturated rings. The van der Waals surface area contributed by atoms with Crippen molar-refractivity contribution in [2.24, 2.45) is 0 Å². The summed E-state index contributed by atoms with van der Waals surface area (Å²) in [5.41, 5.74) is 5.00. The molecular weight excluding hydrogens is 442 g/mol. The molecule has 4 rings (SSSR count). The van der Waals surface area contributed by atoms with Crippen LogP contribution in [0.4, 0.5) is 0 Å². The third kappa shape index (κ3) is 3.68. The van der Waals surface area contributed by atoms with Crippen molar-refractivity contribution in [2.45, 2.75) is 6.42 Å². The summed E-state index contributed by atoms with van der Waals surface area (Å²) in [5, 5.41) is 0.467. The summed E-state index contributed by atoms with van der Waals surface area (Å²) in [6, 6.07) is 19.5. The highest BCUT2D eigenvalue weighted by Crippen LogP contribution is 2.35. The van der Waals surface area contributed by atoms with E-state index in [9.17, 15) is 4.79 Å². The number of carbonyl (C=O) groups excluding carboxylic acids is 1. The molecule has 0 aliphatic carbocycles. The van der Waals surface area contributed by atoms with Crippen molar-refractivity contribution in [1.29, 1.82) is 0 Å². The van der Waals surface area contributed by atoms with Crippen molar-refractivity contribution in [3.63, 3.8) is 0 Å². The maximum Gasteiger partial charge on any atom is 0.310 e. The van der Waals surface area contributed by atoms with E-state index in [1.807, 2.05) is 36.4 Å². The summed E-state index contributed by atoms with van der Waals surface area (Å²) in [6.07, 6.45) is 0.120. The number of aromatic nitrogens is 1. The second-order valence-corrected chi connectivity index (χ2v) is 7.51. The van der Waals surface area contributed by atoms with E-state index in [0.29, 0.717) is 22.1 Å². The first-order valence-electron chi connectivity index (χ1n) is 8.56. The average Bonchev–Trinajstić information content (AvgIpc) is 3.15. The number of oxazole rings is 1. The zero-order valence-electron chi connectivity index (χ0n) is 14.9. The van der Waals surface area contributed by atoms with Gasteiger partial charge in [0.25, 0.3) is 0 Å². The molecule has 1 heterocycles. The molecule has 0 radical (unpaired) electrons. The molecule has 0 atom stereocenters. The Kier molecular flexibility index (Phi) is 5.20. The quantitative estimate of drug-likeness (QED) is 0.338. The highest BCUT2D eigenvalue weighted by molar-refractivity contribution is 9.10. The number of halogens is 2. The summed E-state index contributed by atoms with van der Waals surface area (Å²) >= 11 is 9.91. The first-order chi connectivity index (χ1) is 13.5. The highest BCUT2D eigenvalue weighted by Gasteiger charge is 2.15. The largest absolute Gasteiger partial charge is 0.469 e. The normalized spacial score (nSPS) is 11.0. The van der Waals surface area contributed by atoms with Crippen molar-refractivity contribution >= 4 is 44.6 Å². The standard InChI is InChI=1S/C22H15BrClNO3/c1-27-20(26)12-14-7-8-15(10-18(14)24)22-25-19-11-16(9-17(23)21(19)28-22)13-5-3-2-4-6-13/h2-11H,12H2,1H3. The number of benzene rings is 3. The Hall–Kier alpha value is -2.63. The Morgan fingerprint density at radius 3 is 2.57 bits per heavy atom. The molecule has 0 N–H and O–H groups in total. The highest BCUT2D eigenvalue weighted by atomic mass is 79.9. The number of esters is 1. The van der Waals surface area contributed by atoms with Gasteiger partial charge < -0.3 is 9.15 Å². The molecule has 4 aromatic rings. The Labute approximate surface area is 175 Å². The van der Waals surface area contributed by atoms with E-state index in [0.717, 1.165) is 26.7 Å². The fraction of sp³-hybridized carbons (Fsp3) is 0.0909. The molecule has 6 heteroatoms. The monoisotopic (exact) mass is 455 g/mol. The van der Waals surface area contributed by atoms with Crippen LogP contribution in [0.25, 0.3) is 33.7 Å². The molecule has 0 unspecified atom stereocenters. The number of carbonyl (C=O) groups is 1. The molecule has 0 amide bonds. The van der Waals surface area contributed by atoms with Crippen LogP contribution in [-0.4, -0.2) is 18.1 Å². The van der Waals surface area contributed by atoms with Crippen LogP contribution in [0.2, 0.25) is 5.02 Å². The van der Waals surface area contributed by atoms with Gasteiger partial charge in [-0.15, -0.1) is 0 Å². The summed E-state index contributed by atoms with van der Waals surface area (Å²) in [7, 11) is 1.35. The number of nitrogens with zero attached hydrogens (tertiary/aromatic N) is 1. The molecule has 0 aliphatic heterocycles. The fourth-order valence-electron chi connectivity index (χ4n) is 2.96. The maximum absolute atomic E-state index is 11.5. The summed E-state index contributed by atoms with van der Waals surface area (Å²) < 4.78 is 11.5. The van der Waals surface area contributed by atoms with E-state index in [1.165, 1.54) is 7.11 Å². The lowest BCUT2D eigenvalue weighted by molar-refractivity contribution is -0.139. The van der Waals surface area contributed by atoms with Gasteiger partial charge in [-0.1, -0.05) is 48.0 Å². The zero-order chi connectivity index (χ0) is 19.7. The molecule has 28 heavy (non-hydrogen) atoms. The van der Waals surface area contributed by atoms with Crippen molar-refractivity contribution in [2.75, 3.05) is 7.11 Å². The van der Waals surface area contributed by atoms with E-state index in [4.69, 9.17) is 20.8 Å². The van der Waals surface area contributed by atoms with Crippen molar-refractivity contribution in [1.82, 2.24) is 4.98 Å². The van der Waals surface area contributed by atoms with Crippen LogP contribution in [0.3, 0.4) is 0 Å². The zero-order valence-corrected chi connectivity index (χ0v) is 17.3. The van der Waals surface area contributed by atoms with E-state index in [1.54, 1.807) is 12.1 Å². The number of hydrogen-bond acceptors (Lipinski definition) is 4. The van der Waals surface area contributed by atoms with Gasteiger partial charge in [-0.3, -0.25) is 4.79 Å². The molecule has 3 aromatic carbocycles. The Balaban J connectivity index is 1.73. The minimum Gasteiger partial charge on any atom is -0.469 e. The molecule has 0 aliphatic rings. The molecule has 0 saturated heterocycles. The first-order valence-corrected chi connectivity index (χ1v) is 9.73. The van der Waals surface area contributed by atoms with Crippen LogP contribution in [0.5, 0.6) is 0 Å². The van der Waals surface area contributed by atoms with Gasteiger partial charge in [0, 0.05) is 10.6 Å². The van der Waals surface area contributed by atoms with E-state index in [-0.39, 0.29) is 12.4 Å². The molecule has 0 bridgehead atoms. The predicted octanol–water partition coefficient (Wildman–Crippen LogP) is 6.29. The lowest BCUT2D eigenvalue weighted by atomic mass is 10.1. The molecule has 1 aromatic heterocycles. The van der Waals surface area contributed by atoms with Crippen LogP contribution in [0.15, 0.2) is 69.6 Å². The fourth-order valence-corrected chi connectivity index (χ4v) is 3.74. The smallest absolute Gasteiger partial charge is 0.310 e. The van der Waals surface area contributed by atoms with Crippen LogP contribution >= 0.6 is 27.5 Å². The van der Waals surface area contributed by atoms with Gasteiger partial charge in [-0.05, 0) is 56.9 Å². The van der Waals surface area contributed by atoms with Crippen LogP contribution in [0.1, 0.15) is 5.56 Å². The van der Waals surface area contributed by atoms with Gasteiger partial charge in [0.05, 0.1) is 18.0 Å². The first kappa shape index (κ1) is 18.7. The molecule has 140 valence electrons. The van der Waals surface area contributed by atoms with E-state index < -0.39 is 0 Å². The number of fused-ring (bicyclic) bond motifs is 1. The van der Waals surface area contributed by atoms with Gasteiger partial charge in [0.2, 0.25) is 5.89 Å². The summed E-state index contributed by atoms with van der Waals surface area (Å²) in [5.74, 6) is 0.126. The minimum atomic E-state index is -0.339. The Bertz CT molecular complexity index is 1170. The third-order valence-electron chi connectivity index (χ3n) is 4.41. The number of ether oxygens (including phenoxy) is 1. The van der Waals surface area contributed by atoms with E-state index in [2.05, 4.69) is 33.0 Å². The molecular formula is C22H15BrClNO3. The maximum atomic E-state index is 11.5. The second kappa shape index (κ2) is 7.78. The molecule has 4 nitrogen and oxygen atoms in total. The minimum absolute atomic E-state index is 0.120. The molecule has 0 saturated carbocycles. The number of rotatable bonds is 4. The van der Waals surface area contributed by atoms with E-state index >= 15 is 0 Å². The van der Waals surface area contributed by atoms with Gasteiger partial charge in [0.15, 0.2) is 5.58 Å². The predicted molar refractivity (Wildman–Crippen MR) is 113 cm³/mol. The number of hydrogen-bond donors (Lipinski definition) is 0. The van der Waals surface area contributed by atoms with Crippen molar-refractivity contribution < 1.29 is 13.9 Å². The topological polar surface area (TPSA) is 52.3 Å². The SMILES string of the molecule is COC(=O)Cc1ccc(-c2nc3cc(-c4ccccc4)cc(Br)c3o2)cc1Cl. The van der Waals surface area contributed by atoms with Crippen LogP contribution < -0.4 is 0 Å².